The minimum Gasteiger partial charge on any atom is -0.465 e. The number of nitrogens with two attached hydrogens (primary N) is 3. The maximum absolute atomic E-state index is 12.5. The number of fused-ring (bicyclic) bond motifs is 4. The molecule has 2 saturated heterocycles. The van der Waals surface area contributed by atoms with Gasteiger partial charge in [-0.3, -0.25) is 15.0 Å². The molecule has 0 bridgehead atoms. The molecule has 11 aromatic heterocycles. The van der Waals surface area contributed by atoms with Crippen molar-refractivity contribution in [3.63, 3.8) is 0 Å². The van der Waals surface area contributed by atoms with Crippen molar-refractivity contribution < 1.29 is 56.7 Å². The molecule has 2 aliphatic rings. The van der Waals surface area contributed by atoms with Crippen LogP contribution in [-0.4, -0.2) is 163 Å². The summed E-state index contributed by atoms with van der Waals surface area (Å²) in [6, 6.07) is 47.9. The molecule has 618 valence electrons. The van der Waals surface area contributed by atoms with Crippen molar-refractivity contribution in [3.05, 3.63) is 251 Å². The summed E-state index contributed by atoms with van der Waals surface area (Å²) in [5.41, 5.74) is 25.9. The van der Waals surface area contributed by atoms with Crippen molar-refractivity contribution in [1.82, 2.24) is 74.0 Å². The number of carbonyl (C=O) groups is 4. The minimum absolute atomic E-state index is 0.269. The predicted octanol–water partition coefficient (Wildman–Crippen LogP) is 11.6. The van der Waals surface area contributed by atoms with Gasteiger partial charge in [-0.15, -0.1) is 0 Å². The second kappa shape index (κ2) is 35.8. The predicted molar refractivity (Wildman–Crippen MR) is 463 cm³/mol. The molecule has 37 heteroatoms. The van der Waals surface area contributed by atoms with Crippen LogP contribution < -0.4 is 28.1 Å². The van der Waals surface area contributed by atoms with E-state index in [-0.39, 0.29) is 22.8 Å². The minimum atomic E-state index is -0.662. The van der Waals surface area contributed by atoms with Gasteiger partial charge >= 0.3 is 38.1 Å². The van der Waals surface area contributed by atoms with Crippen molar-refractivity contribution >= 4 is 126 Å². The number of hydrogen-bond acceptors (Lipinski definition) is 30. The maximum atomic E-state index is 12.5. The van der Waals surface area contributed by atoms with Crippen molar-refractivity contribution in [2.45, 2.75) is 77.8 Å². The number of anilines is 3. The molecule has 6 N–H and O–H groups in total. The molecule has 0 atom stereocenters. The molecule has 2 aliphatic heterocycles. The summed E-state index contributed by atoms with van der Waals surface area (Å²) in [4.78, 5) is 78.9. The first kappa shape index (κ1) is 86.4. The molecular formula is C87H75B2BrN22O12. The third-order valence-corrected chi connectivity index (χ3v) is 21.0. The summed E-state index contributed by atoms with van der Waals surface area (Å²) < 4.78 is 51.6. The zero-order valence-corrected chi connectivity index (χ0v) is 70.3. The first-order chi connectivity index (χ1) is 59.3. The molecule has 15 aromatic rings. The van der Waals surface area contributed by atoms with Crippen LogP contribution >= 0.6 is 15.9 Å². The van der Waals surface area contributed by atoms with E-state index in [4.69, 9.17) is 70.6 Å². The Balaban J connectivity index is 0.000000138. The number of halogens is 1. The average molecular weight is 1720 g/mol. The molecule has 124 heavy (non-hydrogen) atoms. The number of hydrogen-bond donors (Lipinski definition) is 3. The van der Waals surface area contributed by atoms with Gasteiger partial charge in [0, 0.05) is 86.7 Å². The highest BCUT2D eigenvalue weighted by Gasteiger charge is 2.53. The van der Waals surface area contributed by atoms with E-state index < -0.39 is 60.5 Å². The lowest BCUT2D eigenvalue weighted by Crippen LogP contribution is -2.41. The fourth-order valence-corrected chi connectivity index (χ4v) is 13.3. The van der Waals surface area contributed by atoms with E-state index in [9.17, 15) is 24.4 Å². The maximum Gasteiger partial charge on any atom is 0.494 e. The van der Waals surface area contributed by atoms with Gasteiger partial charge < -0.3 is 54.8 Å². The number of rotatable bonds is 12. The number of carbonyl (C=O) groups excluding carboxylic acids is 4. The average Bonchev–Trinajstić information content (AvgIpc) is 1.60. The molecule has 17 rings (SSSR count). The van der Waals surface area contributed by atoms with E-state index in [1.54, 1.807) is 187 Å². The van der Waals surface area contributed by atoms with E-state index in [1.807, 2.05) is 104 Å². The molecule has 0 saturated carbocycles. The highest BCUT2D eigenvalue weighted by molar-refractivity contribution is 9.10. The SMILES string of the molecule is COC(=O)c1cc(-c2cncc(N)c2)cc2c1cnn2-c1cccc(C#N)n1.COC(=O)c1cc(-c2cncc(N)c2)cc2nn(-c3cccc(C#N)n3)cc12.COC(=O)c1cc(B2OC(C)(C)C(C)(C)O2)cc2c1cnn2-c1cccc(C#N)n1.COC(=O)c1cc(B2OC(C)(C)C(C)(C)O2)cc2nn(-c3cccc(C#N)n3)cc12.Nc1cncc(Br)c1. The van der Waals surface area contributed by atoms with Gasteiger partial charge in [0.2, 0.25) is 0 Å². The number of nitriles is 4. The van der Waals surface area contributed by atoms with Crippen molar-refractivity contribution in [1.29, 1.82) is 21.0 Å². The number of benzene rings is 4. The van der Waals surface area contributed by atoms with Crippen molar-refractivity contribution in [3.8, 4) is 69.8 Å². The van der Waals surface area contributed by atoms with Crippen LogP contribution in [0, 0.1) is 45.3 Å². The summed E-state index contributed by atoms with van der Waals surface area (Å²) in [5, 5.41) is 56.7. The van der Waals surface area contributed by atoms with E-state index >= 15 is 0 Å². The van der Waals surface area contributed by atoms with Crippen LogP contribution in [0.25, 0.3) is 89.1 Å². The topological polar surface area (TPSA) is 477 Å². The van der Waals surface area contributed by atoms with Crippen LogP contribution in [0.3, 0.4) is 0 Å². The summed E-state index contributed by atoms with van der Waals surface area (Å²) >= 11 is 3.22. The molecular weight excluding hydrogens is 1650 g/mol. The molecule has 34 nitrogen and oxygen atoms in total. The third-order valence-electron chi connectivity index (χ3n) is 20.6. The summed E-state index contributed by atoms with van der Waals surface area (Å²) in [6.45, 7) is 15.7. The number of pyridine rings is 7. The summed E-state index contributed by atoms with van der Waals surface area (Å²) in [5.74, 6) is -0.0764. The van der Waals surface area contributed by atoms with E-state index in [1.165, 1.54) is 37.8 Å². The highest BCUT2D eigenvalue weighted by Crippen LogP contribution is 2.40. The van der Waals surface area contributed by atoms with Gasteiger partial charge in [-0.25, -0.2) is 57.8 Å². The van der Waals surface area contributed by atoms with E-state index in [0.717, 1.165) is 26.7 Å². The number of methoxy groups -OCH3 is 4. The lowest BCUT2D eigenvalue weighted by atomic mass is 9.77. The number of nitrogen functional groups attached to an aromatic ring is 3. The summed E-state index contributed by atoms with van der Waals surface area (Å²) in [7, 11) is 4.00. The monoisotopic (exact) mass is 1720 g/mol. The van der Waals surface area contributed by atoms with Crippen LogP contribution in [0.4, 0.5) is 17.1 Å². The Morgan fingerprint density at radius 3 is 1.09 bits per heavy atom. The zero-order valence-electron chi connectivity index (χ0n) is 68.7. The molecule has 0 amide bonds. The Morgan fingerprint density at radius 2 is 0.718 bits per heavy atom. The third kappa shape index (κ3) is 18.3. The van der Waals surface area contributed by atoms with Gasteiger partial charge in [0.1, 0.15) is 47.1 Å². The van der Waals surface area contributed by atoms with Gasteiger partial charge in [-0.2, -0.15) is 41.4 Å². The Labute approximate surface area is 717 Å². The lowest BCUT2D eigenvalue weighted by Gasteiger charge is -2.32. The normalized spacial score (nSPS) is 13.7. The van der Waals surface area contributed by atoms with E-state index in [0.29, 0.717) is 117 Å². The first-order valence-electron chi connectivity index (χ1n) is 37.7. The summed E-state index contributed by atoms with van der Waals surface area (Å²) in [6.07, 6.45) is 16.2. The van der Waals surface area contributed by atoms with Crippen LogP contribution in [0.15, 0.2) is 206 Å². The number of ether oxygens (including phenoxy) is 4. The van der Waals surface area contributed by atoms with Gasteiger partial charge in [0.05, 0.1) is 125 Å². The number of nitrogens with zero attached hydrogens (tertiary/aromatic N) is 19. The smallest absolute Gasteiger partial charge is 0.465 e. The lowest BCUT2D eigenvalue weighted by molar-refractivity contribution is 0.00578. The fourth-order valence-electron chi connectivity index (χ4n) is 12.9. The van der Waals surface area contributed by atoms with Gasteiger partial charge in [-0.1, -0.05) is 24.3 Å². The Kier molecular flexibility index (Phi) is 24.9. The zero-order chi connectivity index (χ0) is 88.7. The van der Waals surface area contributed by atoms with Gasteiger partial charge in [-0.05, 0) is 209 Å². The van der Waals surface area contributed by atoms with Gasteiger partial charge in [0.15, 0.2) is 23.3 Å². The van der Waals surface area contributed by atoms with Crippen LogP contribution in [0.1, 0.15) is 120 Å². The number of aromatic nitrogens is 15. The van der Waals surface area contributed by atoms with Crippen molar-refractivity contribution in [2.24, 2.45) is 0 Å². The molecule has 0 aliphatic carbocycles. The molecule has 2 fully saturated rings. The molecule has 0 spiro atoms. The largest absolute Gasteiger partial charge is 0.494 e. The van der Waals surface area contributed by atoms with Crippen LogP contribution in [-0.2, 0) is 37.6 Å². The molecule has 0 unspecified atom stereocenters. The Morgan fingerprint density at radius 1 is 0.387 bits per heavy atom. The Bertz CT molecular complexity index is 6780. The molecule has 0 radical (unpaired) electrons. The molecule has 4 aromatic carbocycles. The molecule has 13 heterocycles. The first-order valence-corrected chi connectivity index (χ1v) is 38.5. The quantitative estimate of drug-likeness (QED) is 0.0581. The van der Waals surface area contributed by atoms with Crippen LogP contribution in [0.5, 0.6) is 0 Å². The fraction of sp³-hybridized carbons (Fsp3) is 0.184. The van der Waals surface area contributed by atoms with Crippen molar-refractivity contribution in [2.75, 3.05) is 45.6 Å². The highest BCUT2D eigenvalue weighted by atomic mass is 79.9. The second-order valence-electron chi connectivity index (χ2n) is 29.7. The number of esters is 4. The van der Waals surface area contributed by atoms with Gasteiger partial charge in [0.25, 0.3) is 0 Å². The second-order valence-corrected chi connectivity index (χ2v) is 30.7. The van der Waals surface area contributed by atoms with Crippen LogP contribution in [0.2, 0.25) is 0 Å². The van der Waals surface area contributed by atoms with E-state index in [2.05, 4.69) is 71.2 Å². The Hall–Kier alpha value is -15.5. The standard InChI is InChI=1S/2C21H21BN4O4.2C20H14N6O2.C5H5BrN2/c1-20(2)21(3,4)30-22(29-20)13-9-15(19(27)28-5)16-12-26(25-17(16)10-13)18-8-6-7-14(11-23)24-18;1-20(2)21(3,4)30-22(29-20)13-9-15(19(27)28-5)16-12-24-26(17(16)10-13)18-8-6-7-14(11-23)25-18;1-28-20(27)16-6-12(13-5-14(22)10-23-9-13)7-18-17(16)11-26(25-18)19-4-2-3-15(8-21)24-19;1-28-20(27)16-6-12(13-5-14(22)10-23-9-13)7-18-17(16)11-24-26(18)19-4-2-3-15(8-21)25-19;6-4-1-5(7)3-8-2-4/h2*6-10,12H,1-5H3;2*2-7,9-11H,22H2,1H3;1-3H,7H2.